The summed E-state index contributed by atoms with van der Waals surface area (Å²) in [6, 6.07) is 22.7. The number of hydrogen-bond donors (Lipinski definition) is 0. The molecule has 0 spiro atoms. The van der Waals surface area contributed by atoms with Crippen LogP contribution in [0.25, 0.3) is 17.1 Å². The number of nitrogens with zero attached hydrogens (tertiary/aromatic N) is 3. The third kappa shape index (κ3) is 4.03. The zero-order chi connectivity index (χ0) is 19.5. The standard InChI is InChI=1S/C22H17BrFN3S/c1-15-4-2-3-5-20(15)27-21(17-8-12-19(24)13-9-17)25-26-22(27)28-14-16-6-10-18(23)11-7-16/h2-13H,14H2,1H3. The monoisotopic (exact) mass is 453 g/mol. The summed E-state index contributed by atoms with van der Waals surface area (Å²) in [5, 5.41) is 9.66. The summed E-state index contributed by atoms with van der Waals surface area (Å²) in [5.74, 6) is 1.21. The molecule has 3 aromatic carbocycles. The van der Waals surface area contributed by atoms with Crippen molar-refractivity contribution in [3.05, 3.63) is 94.2 Å². The van der Waals surface area contributed by atoms with Gasteiger partial charge in [0.15, 0.2) is 11.0 Å². The molecule has 4 aromatic rings. The first kappa shape index (κ1) is 18.9. The van der Waals surface area contributed by atoms with Gasteiger partial charge >= 0.3 is 0 Å². The molecule has 0 aliphatic carbocycles. The molecule has 0 aliphatic rings. The van der Waals surface area contributed by atoms with Crippen molar-refractivity contribution in [1.82, 2.24) is 14.8 Å². The summed E-state index contributed by atoms with van der Waals surface area (Å²) < 4.78 is 16.5. The van der Waals surface area contributed by atoms with Crippen LogP contribution in [-0.4, -0.2) is 14.8 Å². The smallest absolute Gasteiger partial charge is 0.196 e. The highest BCUT2D eigenvalue weighted by Gasteiger charge is 2.17. The van der Waals surface area contributed by atoms with Gasteiger partial charge in [-0.05, 0) is 60.5 Å². The normalized spacial score (nSPS) is 11.0. The third-order valence-electron chi connectivity index (χ3n) is 4.37. The molecule has 0 aliphatic heterocycles. The van der Waals surface area contributed by atoms with Crippen LogP contribution in [0.2, 0.25) is 0 Å². The Morgan fingerprint density at radius 1 is 0.929 bits per heavy atom. The van der Waals surface area contributed by atoms with E-state index in [0.29, 0.717) is 5.82 Å². The highest BCUT2D eigenvalue weighted by molar-refractivity contribution is 9.10. The molecule has 0 amide bonds. The van der Waals surface area contributed by atoms with Crippen LogP contribution < -0.4 is 0 Å². The van der Waals surface area contributed by atoms with Crippen LogP contribution in [0.4, 0.5) is 4.39 Å². The minimum atomic E-state index is -0.268. The number of halogens is 2. The number of thioether (sulfide) groups is 1. The minimum Gasteiger partial charge on any atom is -0.270 e. The van der Waals surface area contributed by atoms with Gasteiger partial charge in [-0.25, -0.2) is 4.39 Å². The average molecular weight is 454 g/mol. The van der Waals surface area contributed by atoms with Gasteiger partial charge in [-0.2, -0.15) is 0 Å². The number of aryl methyl sites for hydroxylation is 1. The second-order valence-electron chi connectivity index (χ2n) is 6.35. The Morgan fingerprint density at radius 3 is 2.36 bits per heavy atom. The molecule has 1 heterocycles. The summed E-state index contributed by atoms with van der Waals surface area (Å²) in [4.78, 5) is 0. The van der Waals surface area contributed by atoms with Crippen molar-refractivity contribution in [1.29, 1.82) is 0 Å². The summed E-state index contributed by atoms with van der Waals surface area (Å²) in [6.45, 7) is 2.06. The second kappa shape index (κ2) is 8.29. The SMILES string of the molecule is Cc1ccccc1-n1c(SCc2ccc(Br)cc2)nnc1-c1ccc(F)cc1. The van der Waals surface area contributed by atoms with E-state index in [4.69, 9.17) is 0 Å². The van der Waals surface area contributed by atoms with Gasteiger partial charge in [0, 0.05) is 15.8 Å². The summed E-state index contributed by atoms with van der Waals surface area (Å²) >= 11 is 5.09. The van der Waals surface area contributed by atoms with Crippen molar-refractivity contribution in [3.63, 3.8) is 0 Å². The van der Waals surface area contributed by atoms with Crippen molar-refractivity contribution >= 4 is 27.7 Å². The van der Waals surface area contributed by atoms with Crippen molar-refractivity contribution in [3.8, 4) is 17.1 Å². The average Bonchev–Trinajstić information content (AvgIpc) is 3.12. The number of hydrogen-bond acceptors (Lipinski definition) is 3. The quantitative estimate of drug-likeness (QED) is 0.326. The Labute approximate surface area is 175 Å². The predicted octanol–water partition coefficient (Wildman–Crippen LogP) is 6.44. The van der Waals surface area contributed by atoms with E-state index in [0.717, 1.165) is 32.2 Å². The van der Waals surface area contributed by atoms with E-state index in [1.807, 2.05) is 28.8 Å². The van der Waals surface area contributed by atoms with E-state index >= 15 is 0 Å². The number of para-hydroxylation sites is 1. The molecule has 0 unspecified atom stereocenters. The predicted molar refractivity (Wildman–Crippen MR) is 115 cm³/mol. The van der Waals surface area contributed by atoms with Gasteiger partial charge in [0.1, 0.15) is 5.82 Å². The molecule has 0 N–H and O–H groups in total. The first-order valence-electron chi connectivity index (χ1n) is 8.76. The molecule has 28 heavy (non-hydrogen) atoms. The van der Waals surface area contributed by atoms with E-state index in [1.165, 1.54) is 17.7 Å². The molecule has 140 valence electrons. The van der Waals surface area contributed by atoms with Gasteiger partial charge in [-0.15, -0.1) is 10.2 Å². The number of aromatic nitrogens is 3. The highest BCUT2D eigenvalue weighted by Crippen LogP contribution is 2.31. The van der Waals surface area contributed by atoms with Gasteiger partial charge in [-0.1, -0.05) is 58.0 Å². The van der Waals surface area contributed by atoms with Gasteiger partial charge in [0.05, 0.1) is 5.69 Å². The van der Waals surface area contributed by atoms with Crippen LogP contribution in [0.3, 0.4) is 0 Å². The van der Waals surface area contributed by atoms with Gasteiger partial charge in [-0.3, -0.25) is 4.57 Å². The number of rotatable bonds is 5. The molecule has 3 nitrogen and oxygen atoms in total. The molecule has 0 bridgehead atoms. The Morgan fingerprint density at radius 2 is 1.64 bits per heavy atom. The lowest BCUT2D eigenvalue weighted by atomic mass is 10.1. The first-order valence-corrected chi connectivity index (χ1v) is 10.5. The van der Waals surface area contributed by atoms with Crippen LogP contribution >= 0.6 is 27.7 Å². The van der Waals surface area contributed by atoms with E-state index in [2.05, 4.69) is 57.3 Å². The van der Waals surface area contributed by atoms with Crippen LogP contribution in [-0.2, 0) is 5.75 Å². The molecule has 1 aromatic heterocycles. The van der Waals surface area contributed by atoms with E-state index in [9.17, 15) is 4.39 Å². The van der Waals surface area contributed by atoms with Crippen molar-refractivity contribution in [2.75, 3.05) is 0 Å². The zero-order valence-corrected chi connectivity index (χ0v) is 17.5. The molecule has 6 heteroatoms. The Balaban J connectivity index is 1.75. The molecular formula is C22H17BrFN3S. The molecule has 0 saturated carbocycles. The maximum Gasteiger partial charge on any atom is 0.196 e. The fourth-order valence-electron chi connectivity index (χ4n) is 2.91. The summed E-state index contributed by atoms with van der Waals surface area (Å²) in [7, 11) is 0. The van der Waals surface area contributed by atoms with E-state index in [1.54, 1.807) is 23.9 Å². The Kier molecular flexibility index (Phi) is 5.59. The fourth-order valence-corrected chi connectivity index (χ4v) is 4.07. The largest absolute Gasteiger partial charge is 0.270 e. The Hall–Kier alpha value is -2.44. The van der Waals surface area contributed by atoms with Crippen LogP contribution in [0.5, 0.6) is 0 Å². The van der Waals surface area contributed by atoms with Crippen molar-refractivity contribution in [2.45, 2.75) is 17.8 Å². The minimum absolute atomic E-state index is 0.268. The summed E-state index contributed by atoms with van der Waals surface area (Å²) in [5.41, 5.74) is 4.17. The van der Waals surface area contributed by atoms with Crippen LogP contribution in [0.15, 0.2) is 82.4 Å². The summed E-state index contributed by atoms with van der Waals surface area (Å²) in [6.07, 6.45) is 0. The maximum absolute atomic E-state index is 13.4. The van der Waals surface area contributed by atoms with Crippen molar-refractivity contribution in [2.24, 2.45) is 0 Å². The molecule has 0 saturated heterocycles. The molecule has 0 fully saturated rings. The lowest BCUT2D eigenvalue weighted by Crippen LogP contribution is -2.02. The van der Waals surface area contributed by atoms with Crippen LogP contribution in [0, 0.1) is 12.7 Å². The Bertz CT molecular complexity index is 1090. The maximum atomic E-state index is 13.4. The van der Waals surface area contributed by atoms with Crippen molar-refractivity contribution < 1.29 is 4.39 Å². The van der Waals surface area contributed by atoms with Gasteiger partial charge in [0.2, 0.25) is 0 Å². The zero-order valence-electron chi connectivity index (χ0n) is 15.1. The lowest BCUT2D eigenvalue weighted by Gasteiger charge is -2.13. The number of benzene rings is 3. The third-order valence-corrected chi connectivity index (χ3v) is 5.90. The lowest BCUT2D eigenvalue weighted by molar-refractivity contribution is 0.628. The first-order chi connectivity index (χ1) is 13.6. The van der Waals surface area contributed by atoms with Gasteiger partial charge in [0.25, 0.3) is 0 Å². The topological polar surface area (TPSA) is 30.7 Å². The van der Waals surface area contributed by atoms with E-state index in [-0.39, 0.29) is 5.82 Å². The van der Waals surface area contributed by atoms with Crippen LogP contribution in [0.1, 0.15) is 11.1 Å². The highest BCUT2D eigenvalue weighted by atomic mass is 79.9. The molecule has 0 atom stereocenters. The molecular weight excluding hydrogens is 437 g/mol. The fraction of sp³-hybridized carbons (Fsp3) is 0.0909. The molecule has 4 rings (SSSR count). The van der Waals surface area contributed by atoms with E-state index < -0.39 is 0 Å². The molecule has 0 radical (unpaired) electrons. The second-order valence-corrected chi connectivity index (χ2v) is 8.21. The van der Waals surface area contributed by atoms with Gasteiger partial charge < -0.3 is 0 Å².